The molecule has 10 nitrogen and oxygen atoms in total. The van der Waals surface area contributed by atoms with Gasteiger partial charge in [-0.2, -0.15) is 0 Å². The quantitative estimate of drug-likeness (QED) is 0.380. The molecule has 188 valence electrons. The lowest BCUT2D eigenvalue weighted by Gasteiger charge is -2.63. The fourth-order valence-corrected chi connectivity index (χ4v) is 7.81. The number of hydrogen-bond donors (Lipinski definition) is 1. The molecule has 3 heterocycles. The van der Waals surface area contributed by atoms with Crippen molar-refractivity contribution in [2.45, 2.75) is 55.9 Å². The molecule has 0 aromatic heterocycles. The summed E-state index contributed by atoms with van der Waals surface area (Å²) in [6.45, 7) is 4.65. The van der Waals surface area contributed by atoms with Crippen LogP contribution in [0.25, 0.3) is 0 Å². The van der Waals surface area contributed by atoms with Crippen LogP contribution in [0.1, 0.15) is 32.3 Å². The molecule has 1 aromatic rings. The average molecular weight is 486 g/mol. The molecule has 1 saturated carbocycles. The maximum atomic E-state index is 13.5. The lowest BCUT2D eigenvalue weighted by Crippen LogP contribution is -2.81. The number of fused-ring (bicyclic) bond motifs is 1. The summed E-state index contributed by atoms with van der Waals surface area (Å²) in [5, 5.41) is 15.7. The Balaban J connectivity index is 1.89. The second-order valence-corrected chi connectivity index (χ2v) is 10.0. The molecule has 2 fully saturated rings. The molecule has 1 aliphatic carbocycles. The van der Waals surface area contributed by atoms with Gasteiger partial charge in [0.25, 0.3) is 0 Å². The average Bonchev–Trinajstić information content (AvgIpc) is 3.36. The van der Waals surface area contributed by atoms with E-state index in [-0.39, 0.29) is 11.7 Å². The monoisotopic (exact) mass is 485 g/mol. The minimum Gasteiger partial charge on any atom is -0.494 e. The van der Waals surface area contributed by atoms with Crippen molar-refractivity contribution in [1.29, 1.82) is 0 Å². The predicted molar refractivity (Wildman–Crippen MR) is 127 cm³/mol. The van der Waals surface area contributed by atoms with Crippen molar-refractivity contribution in [1.82, 2.24) is 4.90 Å². The SMILES string of the molecule is CC[C@]12C=CCN3CC[C@@]4(c5cc(N=O)c(OC)cc5N(C)[C@H]4[C@@](O)(C(=O)OC)[C@@H]1OC(C)=O)[C@@H]32. The van der Waals surface area contributed by atoms with Gasteiger partial charge in [-0.15, -0.1) is 4.91 Å². The van der Waals surface area contributed by atoms with Gasteiger partial charge in [0.15, 0.2) is 6.10 Å². The van der Waals surface area contributed by atoms with Crippen LogP contribution in [0.2, 0.25) is 0 Å². The van der Waals surface area contributed by atoms with E-state index in [2.05, 4.69) is 10.1 Å². The van der Waals surface area contributed by atoms with E-state index in [1.807, 2.05) is 24.0 Å². The number of nitroso groups, excluding NO2 is 1. The van der Waals surface area contributed by atoms with Crippen molar-refractivity contribution in [3.05, 3.63) is 34.8 Å². The highest BCUT2D eigenvalue weighted by Gasteiger charge is 2.80. The summed E-state index contributed by atoms with van der Waals surface area (Å²) in [4.78, 5) is 41.8. The number of carbonyl (C=O) groups excluding carboxylic acids is 2. The first-order chi connectivity index (χ1) is 16.7. The van der Waals surface area contributed by atoms with Crippen molar-refractivity contribution in [3.63, 3.8) is 0 Å². The van der Waals surface area contributed by atoms with Crippen molar-refractivity contribution in [3.8, 4) is 5.75 Å². The van der Waals surface area contributed by atoms with Gasteiger partial charge in [-0.05, 0) is 36.2 Å². The number of carbonyl (C=O) groups is 2. The first-order valence-electron chi connectivity index (χ1n) is 11.9. The first-order valence-corrected chi connectivity index (χ1v) is 11.9. The molecule has 3 aliphatic heterocycles. The number of hydrogen-bond acceptors (Lipinski definition) is 10. The normalized spacial score (nSPS) is 36.7. The maximum absolute atomic E-state index is 13.5. The highest BCUT2D eigenvalue weighted by atomic mass is 16.6. The summed E-state index contributed by atoms with van der Waals surface area (Å²) in [5.41, 5.74) is -2.13. The van der Waals surface area contributed by atoms with Crippen molar-refractivity contribution in [2.24, 2.45) is 10.6 Å². The molecule has 1 spiro atoms. The zero-order valence-electron chi connectivity index (χ0n) is 20.6. The Morgan fingerprint density at radius 3 is 2.60 bits per heavy atom. The number of likely N-dealkylation sites (N-methyl/N-ethyl adjacent to an activating group) is 1. The van der Waals surface area contributed by atoms with Gasteiger partial charge in [0.2, 0.25) is 5.60 Å². The lowest BCUT2D eigenvalue weighted by atomic mass is 9.47. The third-order valence-electron chi connectivity index (χ3n) is 8.81. The van der Waals surface area contributed by atoms with Gasteiger partial charge >= 0.3 is 11.9 Å². The number of aliphatic hydroxyl groups is 1. The number of anilines is 1. The number of nitrogens with zero attached hydrogens (tertiary/aromatic N) is 3. The third kappa shape index (κ3) is 2.66. The Hall–Kier alpha value is -2.98. The van der Waals surface area contributed by atoms with Crippen molar-refractivity contribution in [2.75, 3.05) is 39.3 Å². The number of rotatable bonds is 5. The molecule has 0 radical (unpaired) electrons. The van der Waals surface area contributed by atoms with Crippen LogP contribution in [0, 0.1) is 10.3 Å². The van der Waals surface area contributed by atoms with E-state index in [1.165, 1.54) is 21.1 Å². The molecule has 1 saturated heterocycles. The van der Waals surface area contributed by atoms with Gasteiger partial charge < -0.3 is 24.2 Å². The van der Waals surface area contributed by atoms with Crippen LogP contribution in [0.5, 0.6) is 5.75 Å². The molecular weight excluding hydrogens is 454 g/mol. The van der Waals surface area contributed by atoms with Crippen LogP contribution in [-0.2, 0) is 24.5 Å². The molecule has 0 bridgehead atoms. The topological polar surface area (TPSA) is 118 Å². The standard InChI is InChI=1S/C25H31N3O7/c1-6-23-8-7-10-28-11-9-24(19(23)28)15-12-16(26-32)18(33-4)13-17(15)27(3)20(24)25(31,22(30)34-5)21(23)35-14(2)29/h7-8,12-13,19-21,31H,6,9-11H2,1-5H3/t19-,20+,21+,23+,24+,25-/m0/s1. The molecule has 1 aromatic carbocycles. The van der Waals surface area contributed by atoms with Gasteiger partial charge in [0, 0.05) is 49.1 Å². The van der Waals surface area contributed by atoms with Crippen LogP contribution in [-0.4, -0.2) is 80.1 Å². The zero-order valence-corrected chi connectivity index (χ0v) is 20.6. The summed E-state index contributed by atoms with van der Waals surface area (Å²) in [6.07, 6.45) is 3.95. The minimum atomic E-state index is -2.19. The summed E-state index contributed by atoms with van der Waals surface area (Å²) >= 11 is 0. The Bertz CT molecular complexity index is 1140. The van der Waals surface area contributed by atoms with E-state index in [0.29, 0.717) is 31.7 Å². The fraction of sp³-hybridized carbons (Fsp3) is 0.600. The Morgan fingerprint density at radius 2 is 2.00 bits per heavy atom. The number of ether oxygens (including phenoxy) is 3. The Labute approximate surface area is 203 Å². The molecule has 0 unspecified atom stereocenters. The van der Waals surface area contributed by atoms with Crippen LogP contribution in [0.3, 0.4) is 0 Å². The molecule has 0 amide bonds. The zero-order chi connectivity index (χ0) is 25.3. The van der Waals surface area contributed by atoms with E-state index in [4.69, 9.17) is 14.2 Å². The third-order valence-corrected chi connectivity index (χ3v) is 8.81. The molecule has 1 N–H and O–H groups in total. The molecule has 5 rings (SSSR count). The highest BCUT2D eigenvalue weighted by molar-refractivity contribution is 5.87. The summed E-state index contributed by atoms with van der Waals surface area (Å²) in [5.74, 6) is -1.15. The second kappa shape index (κ2) is 7.76. The van der Waals surface area contributed by atoms with Crippen molar-refractivity contribution >= 4 is 23.3 Å². The predicted octanol–water partition coefficient (Wildman–Crippen LogP) is 2.04. The maximum Gasteiger partial charge on any atom is 0.344 e. The lowest BCUT2D eigenvalue weighted by molar-refractivity contribution is -0.228. The number of benzene rings is 1. The van der Waals surface area contributed by atoms with Crippen LogP contribution in [0.15, 0.2) is 29.5 Å². The van der Waals surface area contributed by atoms with Gasteiger partial charge in [0.05, 0.1) is 20.3 Å². The van der Waals surface area contributed by atoms with E-state index >= 15 is 0 Å². The summed E-state index contributed by atoms with van der Waals surface area (Å²) in [7, 11) is 4.48. The largest absolute Gasteiger partial charge is 0.494 e. The molecule has 10 heteroatoms. The van der Waals surface area contributed by atoms with E-state index < -0.39 is 40.5 Å². The van der Waals surface area contributed by atoms with Crippen LogP contribution in [0.4, 0.5) is 11.4 Å². The Kier molecular flexibility index (Phi) is 5.27. The smallest absolute Gasteiger partial charge is 0.344 e. The van der Waals surface area contributed by atoms with Crippen LogP contribution < -0.4 is 9.64 Å². The van der Waals surface area contributed by atoms with Gasteiger partial charge in [-0.25, -0.2) is 4.79 Å². The Morgan fingerprint density at radius 1 is 1.26 bits per heavy atom. The fourth-order valence-electron chi connectivity index (χ4n) is 7.81. The summed E-state index contributed by atoms with van der Waals surface area (Å²) < 4.78 is 16.5. The molecular formula is C25H31N3O7. The minimum absolute atomic E-state index is 0.158. The van der Waals surface area contributed by atoms with Gasteiger partial charge in [-0.3, -0.25) is 9.69 Å². The van der Waals surface area contributed by atoms with Gasteiger partial charge in [0.1, 0.15) is 11.4 Å². The molecule has 4 aliphatic rings. The van der Waals surface area contributed by atoms with E-state index in [1.54, 1.807) is 19.2 Å². The molecule has 35 heavy (non-hydrogen) atoms. The van der Waals surface area contributed by atoms with Crippen molar-refractivity contribution < 1.29 is 28.9 Å². The van der Waals surface area contributed by atoms with E-state index in [9.17, 15) is 19.6 Å². The highest BCUT2D eigenvalue weighted by Crippen LogP contribution is 2.67. The summed E-state index contributed by atoms with van der Waals surface area (Å²) in [6, 6.07) is 2.42. The van der Waals surface area contributed by atoms with E-state index in [0.717, 1.165) is 11.3 Å². The number of esters is 2. The molecule has 6 atom stereocenters. The van der Waals surface area contributed by atoms with Crippen LogP contribution >= 0.6 is 0 Å². The second-order valence-electron chi connectivity index (χ2n) is 10.0. The number of methoxy groups -OCH3 is 2. The first kappa shape index (κ1) is 23.7. The van der Waals surface area contributed by atoms with Gasteiger partial charge in [-0.1, -0.05) is 19.1 Å².